The van der Waals surface area contributed by atoms with Crippen LogP contribution in [-0.2, 0) is 6.42 Å². The van der Waals surface area contributed by atoms with E-state index in [0.717, 1.165) is 31.0 Å². The zero-order valence-corrected chi connectivity index (χ0v) is 12.0. The molecule has 0 bridgehead atoms. The second kappa shape index (κ2) is 6.18. The van der Waals surface area contributed by atoms with E-state index in [1.54, 1.807) is 6.33 Å². The van der Waals surface area contributed by atoms with Crippen molar-refractivity contribution in [2.24, 2.45) is 0 Å². The number of rotatable bonds is 4. The summed E-state index contributed by atoms with van der Waals surface area (Å²) in [6.07, 6.45) is 6.19. The fraction of sp³-hybridized carbons (Fsp3) is 0.692. The zero-order valence-electron chi connectivity index (χ0n) is 11.2. The molecule has 0 saturated heterocycles. The van der Waals surface area contributed by atoms with Crippen molar-refractivity contribution in [3.05, 3.63) is 17.7 Å². The lowest BCUT2D eigenvalue weighted by Crippen LogP contribution is -2.45. The maximum absolute atomic E-state index is 5.51. The van der Waals surface area contributed by atoms with Gasteiger partial charge in [-0.25, -0.2) is 4.98 Å². The SMILES string of the molecule is CCCCNC(=S)N1CCc2[nH]cnc2C1CC. The van der Waals surface area contributed by atoms with Gasteiger partial charge in [0.2, 0.25) is 0 Å². The number of thiocarbonyl (C=S) groups is 1. The van der Waals surface area contributed by atoms with Gasteiger partial charge in [0.25, 0.3) is 0 Å². The van der Waals surface area contributed by atoms with E-state index >= 15 is 0 Å². The highest BCUT2D eigenvalue weighted by Crippen LogP contribution is 2.29. The summed E-state index contributed by atoms with van der Waals surface area (Å²) in [5, 5.41) is 4.24. The van der Waals surface area contributed by atoms with Crippen LogP contribution in [0, 0.1) is 0 Å². The van der Waals surface area contributed by atoms with Crippen LogP contribution in [0.25, 0.3) is 0 Å². The first kappa shape index (κ1) is 13.3. The van der Waals surface area contributed by atoms with Crippen molar-refractivity contribution in [3.63, 3.8) is 0 Å². The molecule has 2 N–H and O–H groups in total. The number of nitrogens with one attached hydrogen (secondary N) is 2. The summed E-state index contributed by atoms with van der Waals surface area (Å²) < 4.78 is 0. The number of imidazole rings is 1. The van der Waals surface area contributed by atoms with E-state index in [-0.39, 0.29) is 0 Å². The molecule has 1 aromatic rings. The quantitative estimate of drug-likeness (QED) is 0.649. The monoisotopic (exact) mass is 266 g/mol. The maximum atomic E-state index is 5.51. The molecule has 1 aliphatic heterocycles. The summed E-state index contributed by atoms with van der Waals surface area (Å²) in [7, 11) is 0. The Balaban J connectivity index is 2.03. The molecule has 0 aliphatic carbocycles. The van der Waals surface area contributed by atoms with Gasteiger partial charge in [0.1, 0.15) is 0 Å². The molecule has 1 aliphatic rings. The van der Waals surface area contributed by atoms with Gasteiger partial charge in [0.05, 0.1) is 18.1 Å². The molecule has 4 nitrogen and oxygen atoms in total. The molecular formula is C13H22N4S. The molecule has 0 aromatic carbocycles. The van der Waals surface area contributed by atoms with Crippen molar-refractivity contribution >= 4 is 17.3 Å². The van der Waals surface area contributed by atoms with Crippen molar-refractivity contribution in [3.8, 4) is 0 Å². The first-order chi connectivity index (χ1) is 8.77. The topological polar surface area (TPSA) is 44.0 Å². The number of H-pyrrole nitrogens is 1. The Hall–Kier alpha value is -1.10. The van der Waals surface area contributed by atoms with Gasteiger partial charge in [-0.3, -0.25) is 0 Å². The van der Waals surface area contributed by atoms with E-state index in [0.29, 0.717) is 6.04 Å². The van der Waals surface area contributed by atoms with Gasteiger partial charge < -0.3 is 15.2 Å². The summed E-state index contributed by atoms with van der Waals surface area (Å²) in [5.41, 5.74) is 2.44. The average molecular weight is 266 g/mol. The molecule has 1 unspecified atom stereocenters. The van der Waals surface area contributed by atoms with Gasteiger partial charge in [0, 0.05) is 25.2 Å². The number of hydrogen-bond acceptors (Lipinski definition) is 2. The second-order valence-corrected chi connectivity index (χ2v) is 5.11. The summed E-state index contributed by atoms with van der Waals surface area (Å²) in [6, 6.07) is 0.321. The number of fused-ring (bicyclic) bond motifs is 1. The van der Waals surface area contributed by atoms with Gasteiger partial charge in [-0.15, -0.1) is 0 Å². The Morgan fingerprint density at radius 1 is 1.61 bits per heavy atom. The second-order valence-electron chi connectivity index (χ2n) is 4.72. The molecule has 0 radical (unpaired) electrons. The predicted octanol–water partition coefficient (Wildman–Crippen LogP) is 2.39. The number of aromatic amines is 1. The molecule has 2 heterocycles. The van der Waals surface area contributed by atoms with Crippen LogP contribution in [0.1, 0.15) is 50.5 Å². The van der Waals surface area contributed by atoms with E-state index in [4.69, 9.17) is 12.2 Å². The third-order valence-corrected chi connectivity index (χ3v) is 3.88. The lowest BCUT2D eigenvalue weighted by molar-refractivity contribution is 0.281. The maximum Gasteiger partial charge on any atom is 0.169 e. The molecular weight excluding hydrogens is 244 g/mol. The van der Waals surface area contributed by atoms with E-state index in [1.165, 1.54) is 24.2 Å². The standard InChI is InChI=1S/C13H22N4S/c1-3-5-7-14-13(18)17-8-6-10-12(11(17)4-2)16-9-15-10/h9,11H,3-8H2,1-2H3,(H,14,18)(H,15,16). The number of hydrogen-bond donors (Lipinski definition) is 2. The average Bonchev–Trinajstić information content (AvgIpc) is 2.85. The lowest BCUT2D eigenvalue weighted by atomic mass is 10.0. The Morgan fingerprint density at radius 3 is 3.17 bits per heavy atom. The highest BCUT2D eigenvalue weighted by atomic mass is 32.1. The fourth-order valence-electron chi connectivity index (χ4n) is 2.49. The minimum Gasteiger partial charge on any atom is -0.363 e. The van der Waals surface area contributed by atoms with Crippen LogP contribution in [-0.4, -0.2) is 33.1 Å². The Labute approximate surface area is 114 Å². The molecule has 1 atom stereocenters. The summed E-state index contributed by atoms with van der Waals surface area (Å²) in [5.74, 6) is 0. The summed E-state index contributed by atoms with van der Waals surface area (Å²) in [4.78, 5) is 9.97. The van der Waals surface area contributed by atoms with Gasteiger partial charge in [-0.1, -0.05) is 20.3 Å². The fourth-order valence-corrected chi connectivity index (χ4v) is 2.81. The van der Waals surface area contributed by atoms with Crippen LogP contribution in [0.15, 0.2) is 6.33 Å². The van der Waals surface area contributed by atoms with Crippen molar-refractivity contribution in [2.45, 2.75) is 45.6 Å². The van der Waals surface area contributed by atoms with Crippen LogP contribution < -0.4 is 5.32 Å². The van der Waals surface area contributed by atoms with Gasteiger partial charge in [-0.2, -0.15) is 0 Å². The largest absolute Gasteiger partial charge is 0.363 e. The van der Waals surface area contributed by atoms with Gasteiger partial charge >= 0.3 is 0 Å². The third kappa shape index (κ3) is 2.66. The summed E-state index contributed by atoms with van der Waals surface area (Å²) in [6.45, 7) is 6.33. The van der Waals surface area contributed by atoms with Gasteiger partial charge in [0.15, 0.2) is 5.11 Å². The number of aromatic nitrogens is 2. The minimum absolute atomic E-state index is 0.321. The minimum atomic E-state index is 0.321. The molecule has 5 heteroatoms. The summed E-state index contributed by atoms with van der Waals surface area (Å²) >= 11 is 5.51. The van der Waals surface area contributed by atoms with E-state index in [2.05, 4.69) is 34.0 Å². The van der Waals surface area contributed by atoms with E-state index in [9.17, 15) is 0 Å². The normalized spacial score (nSPS) is 18.6. The Kier molecular flexibility index (Phi) is 4.58. The van der Waals surface area contributed by atoms with Crippen LogP contribution in [0.3, 0.4) is 0 Å². The molecule has 1 aromatic heterocycles. The molecule has 18 heavy (non-hydrogen) atoms. The first-order valence-corrected chi connectivity index (χ1v) is 7.25. The predicted molar refractivity (Wildman–Crippen MR) is 77.5 cm³/mol. The van der Waals surface area contributed by atoms with Crippen molar-refractivity contribution < 1.29 is 0 Å². The highest BCUT2D eigenvalue weighted by Gasteiger charge is 2.29. The van der Waals surface area contributed by atoms with E-state index in [1.807, 2.05) is 0 Å². The van der Waals surface area contributed by atoms with Crippen molar-refractivity contribution in [1.29, 1.82) is 0 Å². The smallest absolute Gasteiger partial charge is 0.169 e. The van der Waals surface area contributed by atoms with Crippen molar-refractivity contribution in [1.82, 2.24) is 20.2 Å². The van der Waals surface area contributed by atoms with Crippen molar-refractivity contribution in [2.75, 3.05) is 13.1 Å². The van der Waals surface area contributed by atoms with E-state index < -0.39 is 0 Å². The Morgan fingerprint density at radius 2 is 2.44 bits per heavy atom. The lowest BCUT2D eigenvalue weighted by Gasteiger charge is -2.36. The Bertz CT molecular complexity index is 401. The molecule has 2 rings (SSSR count). The van der Waals surface area contributed by atoms with Crippen LogP contribution in [0.5, 0.6) is 0 Å². The number of unbranched alkanes of at least 4 members (excludes halogenated alkanes) is 1. The van der Waals surface area contributed by atoms with Crippen LogP contribution in [0.2, 0.25) is 0 Å². The van der Waals surface area contributed by atoms with Gasteiger partial charge in [-0.05, 0) is 25.1 Å². The molecule has 0 saturated carbocycles. The van der Waals surface area contributed by atoms with Crippen LogP contribution in [0.4, 0.5) is 0 Å². The van der Waals surface area contributed by atoms with Crippen LogP contribution >= 0.6 is 12.2 Å². The molecule has 100 valence electrons. The molecule has 0 spiro atoms. The number of nitrogens with zero attached hydrogens (tertiary/aromatic N) is 2. The zero-order chi connectivity index (χ0) is 13.0. The molecule has 0 amide bonds. The highest BCUT2D eigenvalue weighted by molar-refractivity contribution is 7.80. The molecule has 0 fully saturated rings. The first-order valence-electron chi connectivity index (χ1n) is 6.84. The third-order valence-electron chi connectivity index (χ3n) is 3.50.